The highest BCUT2D eigenvalue weighted by molar-refractivity contribution is 6.01. The third-order valence-corrected chi connectivity index (χ3v) is 8.15. The number of nitriles is 1. The lowest BCUT2D eigenvalue weighted by atomic mass is 9.74. The number of carbonyl (C=O) groups excluding carboxylic acids is 2. The van der Waals surface area contributed by atoms with E-state index in [4.69, 9.17) is 11.0 Å². The topological polar surface area (TPSA) is 118 Å². The average Bonchev–Trinajstić information content (AvgIpc) is 3.34. The fourth-order valence-electron chi connectivity index (χ4n) is 5.39. The number of nitrogens with zero attached hydrogens (tertiary/aromatic N) is 5. The molecule has 0 unspecified atom stereocenters. The minimum atomic E-state index is -2.91. The van der Waals surface area contributed by atoms with Gasteiger partial charge in [0.15, 0.2) is 11.5 Å². The molecule has 0 radical (unpaired) electrons. The Balaban J connectivity index is 1.26. The van der Waals surface area contributed by atoms with E-state index in [2.05, 4.69) is 26.3 Å². The number of hydrogen-bond acceptors (Lipinski definition) is 6. The van der Waals surface area contributed by atoms with Crippen LogP contribution in [0.25, 0.3) is 32.6 Å². The zero-order chi connectivity index (χ0) is 28.8. The minimum Gasteiger partial charge on any atom is -0.451 e. The van der Waals surface area contributed by atoms with Crippen LogP contribution >= 0.6 is 0 Å². The standard InChI is InChI=1S/C30H24F2N6O3/c1-34-22-12-19(4-5-23(22)38-18-35-17-36-38)20-2-3-21-14-25(41-24(21)13-20)27(40)37-29(8-10-30(31,32)11-9-29)26(39)15-28(16-33)6-7-28/h2-5,12-14,17-18H,6-11,15H2,(H,37,40). The number of nitrogens with one attached hydrogen (secondary N) is 1. The van der Waals surface area contributed by atoms with Crippen LogP contribution in [0.3, 0.4) is 0 Å². The first-order chi connectivity index (χ1) is 19.6. The van der Waals surface area contributed by atoms with Gasteiger partial charge in [-0.1, -0.05) is 18.2 Å². The monoisotopic (exact) mass is 554 g/mol. The molecule has 0 spiro atoms. The molecule has 0 aliphatic heterocycles. The lowest BCUT2D eigenvalue weighted by molar-refractivity contribution is -0.131. The third-order valence-electron chi connectivity index (χ3n) is 8.15. The van der Waals surface area contributed by atoms with Crippen LogP contribution in [0.4, 0.5) is 14.5 Å². The maximum atomic E-state index is 14.0. The summed E-state index contributed by atoms with van der Waals surface area (Å²) in [6.07, 6.45) is 2.54. The number of hydrogen-bond donors (Lipinski definition) is 1. The van der Waals surface area contributed by atoms with Gasteiger partial charge in [-0.25, -0.2) is 23.3 Å². The van der Waals surface area contributed by atoms with E-state index in [-0.39, 0.29) is 30.8 Å². The molecule has 2 aromatic carbocycles. The SMILES string of the molecule is [C-]#[N+]c1cc(-c2ccc3cc(C(=O)NC4(C(=O)CC5(C#N)CC5)CCC(F)(F)CC4)oc3c2)ccc1-n1cncn1. The summed E-state index contributed by atoms with van der Waals surface area (Å²) in [7, 11) is 0. The highest BCUT2D eigenvalue weighted by Crippen LogP contribution is 2.50. The van der Waals surface area contributed by atoms with Crippen LogP contribution in [0, 0.1) is 23.3 Å². The fraction of sp³-hybridized carbons (Fsp3) is 0.333. The number of ketones is 1. The molecule has 4 aromatic rings. The van der Waals surface area contributed by atoms with Gasteiger partial charge >= 0.3 is 0 Å². The first-order valence-corrected chi connectivity index (χ1v) is 13.2. The van der Waals surface area contributed by atoms with Crippen molar-refractivity contribution in [3.63, 3.8) is 0 Å². The molecule has 2 aromatic heterocycles. The molecule has 41 heavy (non-hydrogen) atoms. The molecule has 2 fully saturated rings. The predicted molar refractivity (Wildman–Crippen MR) is 143 cm³/mol. The molecule has 2 aliphatic carbocycles. The van der Waals surface area contributed by atoms with Crippen LogP contribution in [0.2, 0.25) is 0 Å². The summed E-state index contributed by atoms with van der Waals surface area (Å²) >= 11 is 0. The molecule has 2 aliphatic rings. The predicted octanol–water partition coefficient (Wildman–Crippen LogP) is 6.17. The number of Topliss-reactive ketones (excluding diaryl/α,β-unsaturated/α-hetero) is 1. The number of alkyl halides is 2. The largest absolute Gasteiger partial charge is 0.451 e. The van der Waals surface area contributed by atoms with Crippen molar-refractivity contribution in [1.82, 2.24) is 20.1 Å². The van der Waals surface area contributed by atoms with E-state index in [1.807, 2.05) is 12.1 Å². The summed E-state index contributed by atoms with van der Waals surface area (Å²) in [5.41, 5.74) is 0.650. The summed E-state index contributed by atoms with van der Waals surface area (Å²) < 4.78 is 35.4. The van der Waals surface area contributed by atoms with Crippen molar-refractivity contribution in [1.29, 1.82) is 5.26 Å². The first kappa shape index (κ1) is 26.3. The number of benzene rings is 2. The Labute approximate surface area is 233 Å². The van der Waals surface area contributed by atoms with E-state index in [1.54, 1.807) is 30.3 Å². The second-order valence-electron chi connectivity index (χ2n) is 10.9. The van der Waals surface area contributed by atoms with Crippen LogP contribution in [0.1, 0.15) is 55.5 Å². The smallest absolute Gasteiger partial charge is 0.287 e. The van der Waals surface area contributed by atoms with Gasteiger partial charge in [0, 0.05) is 24.6 Å². The summed E-state index contributed by atoms with van der Waals surface area (Å²) in [6.45, 7) is 7.58. The van der Waals surface area contributed by atoms with Crippen molar-refractivity contribution in [2.75, 3.05) is 0 Å². The highest BCUT2D eigenvalue weighted by Gasteiger charge is 2.53. The van der Waals surface area contributed by atoms with E-state index >= 15 is 0 Å². The van der Waals surface area contributed by atoms with Crippen molar-refractivity contribution in [2.45, 2.75) is 56.4 Å². The van der Waals surface area contributed by atoms with Gasteiger partial charge in [0.1, 0.15) is 18.2 Å². The molecular formula is C30H24F2N6O3. The van der Waals surface area contributed by atoms with Gasteiger partial charge in [-0.15, -0.1) is 0 Å². The van der Waals surface area contributed by atoms with Gasteiger partial charge < -0.3 is 9.73 Å². The number of halogens is 2. The Hall–Kier alpha value is -4.90. The van der Waals surface area contributed by atoms with Crippen LogP contribution < -0.4 is 5.32 Å². The number of carbonyl (C=O) groups is 2. The molecule has 11 heteroatoms. The van der Waals surface area contributed by atoms with Crippen molar-refractivity contribution < 1.29 is 22.8 Å². The van der Waals surface area contributed by atoms with Crippen molar-refractivity contribution in [3.8, 4) is 22.9 Å². The van der Waals surface area contributed by atoms with Gasteiger partial charge in [-0.2, -0.15) is 10.4 Å². The molecule has 2 heterocycles. The zero-order valence-corrected chi connectivity index (χ0v) is 21.9. The maximum absolute atomic E-state index is 14.0. The Morgan fingerprint density at radius 1 is 1.07 bits per heavy atom. The Morgan fingerprint density at radius 2 is 1.80 bits per heavy atom. The number of furan rings is 1. The maximum Gasteiger partial charge on any atom is 0.287 e. The summed E-state index contributed by atoms with van der Waals surface area (Å²) in [4.78, 5) is 34.2. The van der Waals surface area contributed by atoms with E-state index < -0.39 is 35.6 Å². The third kappa shape index (κ3) is 4.95. The van der Waals surface area contributed by atoms with Crippen LogP contribution in [0.15, 0.2) is 59.5 Å². The minimum absolute atomic E-state index is 0.0496. The molecular weight excluding hydrogens is 530 g/mol. The molecule has 1 amide bonds. The summed E-state index contributed by atoms with van der Waals surface area (Å²) in [6, 6.07) is 14.4. The lowest BCUT2D eigenvalue weighted by Crippen LogP contribution is -2.58. The van der Waals surface area contributed by atoms with E-state index in [0.29, 0.717) is 35.2 Å². The van der Waals surface area contributed by atoms with Crippen molar-refractivity contribution in [2.24, 2.45) is 5.41 Å². The van der Waals surface area contributed by atoms with Crippen molar-refractivity contribution >= 4 is 28.3 Å². The molecule has 206 valence electrons. The molecule has 0 saturated heterocycles. The summed E-state index contributed by atoms with van der Waals surface area (Å²) in [5.74, 6) is -4.01. The van der Waals surface area contributed by atoms with Gasteiger partial charge in [0.25, 0.3) is 5.91 Å². The first-order valence-electron chi connectivity index (χ1n) is 13.2. The van der Waals surface area contributed by atoms with E-state index in [0.717, 1.165) is 11.1 Å². The van der Waals surface area contributed by atoms with Crippen molar-refractivity contribution in [3.05, 3.63) is 72.3 Å². The lowest BCUT2D eigenvalue weighted by Gasteiger charge is -2.39. The molecule has 6 rings (SSSR count). The molecule has 1 N–H and O–H groups in total. The molecule has 2 saturated carbocycles. The Bertz CT molecular complexity index is 1750. The van der Waals surface area contributed by atoms with Crippen LogP contribution in [-0.2, 0) is 4.79 Å². The highest BCUT2D eigenvalue weighted by atomic mass is 19.3. The zero-order valence-electron chi connectivity index (χ0n) is 21.9. The van der Waals surface area contributed by atoms with Gasteiger partial charge in [0.2, 0.25) is 11.6 Å². The Morgan fingerprint density at radius 3 is 2.46 bits per heavy atom. The van der Waals surface area contributed by atoms with Gasteiger partial charge in [-0.05, 0) is 61.1 Å². The van der Waals surface area contributed by atoms with Crippen LogP contribution in [-0.4, -0.2) is 37.9 Å². The normalized spacial score (nSPS) is 18.2. The second-order valence-corrected chi connectivity index (χ2v) is 10.9. The number of aromatic nitrogens is 3. The molecule has 0 bridgehead atoms. The van der Waals surface area contributed by atoms with E-state index in [1.165, 1.54) is 17.3 Å². The van der Waals surface area contributed by atoms with Gasteiger partial charge in [-0.3, -0.25) is 9.59 Å². The van der Waals surface area contributed by atoms with E-state index in [9.17, 15) is 23.6 Å². The summed E-state index contributed by atoms with van der Waals surface area (Å²) in [5, 5.41) is 16.9. The van der Waals surface area contributed by atoms with Crippen LogP contribution in [0.5, 0.6) is 0 Å². The number of fused-ring (bicyclic) bond motifs is 1. The average molecular weight is 555 g/mol. The Kier molecular flexibility index (Phi) is 6.18. The quantitative estimate of drug-likeness (QED) is 0.273. The fourth-order valence-corrected chi connectivity index (χ4v) is 5.39. The van der Waals surface area contributed by atoms with Gasteiger partial charge in [0.05, 0.1) is 29.3 Å². The molecule has 9 nitrogen and oxygen atoms in total. The molecule has 0 atom stereocenters. The second kappa shape index (κ2) is 9.63. The number of amides is 1. The number of rotatable bonds is 7.